The summed E-state index contributed by atoms with van der Waals surface area (Å²) in [5.74, 6) is 0.634. The zero-order valence-electron chi connectivity index (χ0n) is 19.4. The number of aromatic amines is 1. The van der Waals surface area contributed by atoms with Crippen LogP contribution in [0, 0.1) is 0 Å². The molecule has 0 aromatic carbocycles. The molecule has 1 aliphatic rings. The van der Waals surface area contributed by atoms with Crippen LogP contribution >= 0.6 is 0 Å². The predicted octanol–water partition coefficient (Wildman–Crippen LogP) is 3.88. The summed E-state index contributed by atoms with van der Waals surface area (Å²) in [6, 6.07) is 11.7. The van der Waals surface area contributed by atoms with Gasteiger partial charge in [0, 0.05) is 18.5 Å². The molecular formula is C27H33N7OV. The number of aliphatic imine (C=N–C) groups is 1. The molecule has 4 heterocycles. The molecule has 4 rings (SSSR count). The number of hydrogen-bond acceptors (Lipinski definition) is 7. The second kappa shape index (κ2) is 16.3. The van der Waals surface area contributed by atoms with Crippen LogP contribution in [-0.2, 0) is 17.0 Å². The number of nitrogens with one attached hydrogen (secondary N) is 2. The zero-order valence-corrected chi connectivity index (χ0v) is 20.8. The van der Waals surface area contributed by atoms with E-state index in [-0.39, 0.29) is 7.43 Å². The van der Waals surface area contributed by atoms with Crippen LogP contribution in [0.5, 0.6) is 0 Å². The van der Waals surface area contributed by atoms with Crippen LogP contribution in [0.3, 0.4) is 0 Å². The van der Waals surface area contributed by atoms with Gasteiger partial charge in [0.05, 0.1) is 17.9 Å². The second-order valence-electron chi connectivity index (χ2n) is 7.72. The maximum atomic E-state index is 11.0. The van der Waals surface area contributed by atoms with Crippen molar-refractivity contribution in [2.75, 3.05) is 13.1 Å². The van der Waals surface area contributed by atoms with Crippen LogP contribution < -0.4 is 11.1 Å². The van der Waals surface area contributed by atoms with Crippen LogP contribution in [-0.4, -0.2) is 56.3 Å². The molecule has 8 nitrogen and oxygen atoms in total. The van der Waals surface area contributed by atoms with E-state index in [2.05, 4.69) is 47.2 Å². The Kier molecular flexibility index (Phi) is 13.0. The van der Waals surface area contributed by atoms with Crippen molar-refractivity contribution in [3.05, 3.63) is 78.2 Å². The minimum absolute atomic E-state index is 0. The number of pyridine rings is 2. The maximum absolute atomic E-state index is 11.0. The van der Waals surface area contributed by atoms with Gasteiger partial charge in [0.25, 0.3) is 0 Å². The molecule has 0 amide bonds. The summed E-state index contributed by atoms with van der Waals surface area (Å²) in [7, 11) is 0. The number of carbonyl (C=O) groups is 1. The van der Waals surface area contributed by atoms with Crippen molar-refractivity contribution < 1.29 is 21.8 Å². The van der Waals surface area contributed by atoms with Gasteiger partial charge < -0.3 is 11.1 Å². The molecule has 0 spiro atoms. The zero-order chi connectivity index (χ0) is 24.7. The average molecular weight is 523 g/mol. The number of aromatic nitrogens is 4. The van der Waals surface area contributed by atoms with E-state index < -0.39 is 0 Å². The Morgan fingerprint density at radius 2 is 1.97 bits per heavy atom. The van der Waals surface area contributed by atoms with Gasteiger partial charge in [-0.2, -0.15) is 0 Å². The molecular weight excluding hydrogens is 489 g/mol. The first kappa shape index (κ1) is 28.8. The first-order valence-corrected chi connectivity index (χ1v) is 12.2. The molecule has 0 radical (unpaired) electrons. The Bertz CT molecular complexity index is 1150. The third-order valence-electron chi connectivity index (χ3n) is 5.17. The molecule has 3 aromatic rings. The number of piperidine rings is 1. The van der Waals surface area contributed by atoms with Crippen molar-refractivity contribution in [3.63, 3.8) is 0 Å². The van der Waals surface area contributed by atoms with Crippen molar-refractivity contribution in [3.8, 4) is 11.4 Å². The molecule has 0 unspecified atom stereocenters. The van der Waals surface area contributed by atoms with Gasteiger partial charge in [-0.1, -0.05) is 19.9 Å². The predicted molar refractivity (Wildman–Crippen MR) is 144 cm³/mol. The summed E-state index contributed by atoms with van der Waals surface area (Å²) in [5, 5.41) is 3.46. The average Bonchev–Trinajstić information content (AvgIpc) is 3.35. The molecule has 1 saturated heterocycles. The fraction of sp³-hybridized carbons (Fsp3) is 0.259. The molecule has 1 fully saturated rings. The van der Waals surface area contributed by atoms with Gasteiger partial charge in [0.15, 0.2) is 0 Å². The van der Waals surface area contributed by atoms with E-state index in [1.165, 1.54) is 19.3 Å². The van der Waals surface area contributed by atoms with Crippen molar-refractivity contribution in [2.45, 2.75) is 32.7 Å². The van der Waals surface area contributed by atoms with Crippen LogP contribution in [0.4, 0.5) is 0 Å². The number of hydrogen-bond donors (Lipinski definition) is 3. The van der Waals surface area contributed by atoms with E-state index in [4.69, 9.17) is 5.73 Å². The number of H-pyrrole nitrogens is 1. The van der Waals surface area contributed by atoms with E-state index >= 15 is 0 Å². The number of carbonyl (C=O) groups excluding carboxylic acids is 1. The molecule has 36 heavy (non-hydrogen) atoms. The van der Waals surface area contributed by atoms with Gasteiger partial charge in [-0.25, -0.2) is 0 Å². The number of imidazole rings is 1. The standard InChI is InChI=1S/C14H20N4.C12H9N3O.CH4.V/c15-13(14-6-2-4-9-18-14)7-10-16-11-12-5-1-3-8-17-12;1-2-5-11-14-10(8-16)12(15-11)9-6-3-4-7-13-9;;/h2,4,6-7,9-10,12,17H,1,3,5,8,11,15H2;1-8H,(H,14,15);1H4;/b13-7-,16-10?;5-2-;;/t12-;;;/m0.../s1. The fourth-order valence-corrected chi connectivity index (χ4v) is 3.56. The van der Waals surface area contributed by atoms with Crippen molar-refractivity contribution in [2.24, 2.45) is 10.7 Å². The Morgan fingerprint density at radius 3 is 2.61 bits per heavy atom. The molecule has 187 valence electrons. The summed E-state index contributed by atoms with van der Waals surface area (Å²) in [6.07, 6.45) is 15.2. The van der Waals surface area contributed by atoms with Crippen LogP contribution in [0.1, 0.15) is 48.7 Å². The fourth-order valence-electron chi connectivity index (χ4n) is 3.42. The first-order valence-electron chi connectivity index (χ1n) is 11.4. The third kappa shape index (κ3) is 9.30. The second-order valence-corrected chi connectivity index (χ2v) is 8.19. The Morgan fingerprint density at radius 1 is 1.17 bits per heavy atom. The third-order valence-corrected chi connectivity index (χ3v) is 5.44. The van der Waals surface area contributed by atoms with Crippen molar-refractivity contribution >= 4 is 29.0 Å². The van der Waals surface area contributed by atoms with Crippen LogP contribution in [0.25, 0.3) is 23.2 Å². The molecule has 1 atom stereocenters. The summed E-state index contributed by atoms with van der Waals surface area (Å²) in [6.45, 7) is 1.94. The quantitative estimate of drug-likeness (QED) is 0.305. The molecule has 4 N–H and O–H groups in total. The Hall–Kier alpha value is -3.46. The van der Waals surface area contributed by atoms with E-state index in [1.54, 1.807) is 24.7 Å². The number of nitrogens with two attached hydrogens (primary N) is 1. The molecule has 9 heteroatoms. The first-order chi connectivity index (χ1) is 17.2. The van der Waals surface area contributed by atoms with Crippen molar-refractivity contribution in [1.82, 2.24) is 25.3 Å². The summed E-state index contributed by atoms with van der Waals surface area (Å²) >= 11 is 2.33. The summed E-state index contributed by atoms with van der Waals surface area (Å²) in [4.78, 5) is 31.0. The van der Waals surface area contributed by atoms with Gasteiger partial charge in [-0.3, -0.25) is 9.98 Å². The van der Waals surface area contributed by atoms with Crippen LogP contribution in [0.15, 0.2) is 65.9 Å². The van der Waals surface area contributed by atoms with Gasteiger partial charge in [-0.15, -0.1) is 0 Å². The van der Waals surface area contributed by atoms with Crippen molar-refractivity contribution in [1.29, 1.82) is 0 Å². The van der Waals surface area contributed by atoms with E-state index in [0.29, 0.717) is 34.6 Å². The van der Waals surface area contributed by atoms with E-state index in [9.17, 15) is 4.79 Å². The van der Waals surface area contributed by atoms with Gasteiger partial charge in [-0.05, 0) is 37.6 Å². The SMILES string of the molecule is C.N/C(=C\C=NC[C@@H]1CCCCN1)c1ccccn1.O=Cc1[nH]c(/C=C\[CH]=[V])nc1-c1ccccn1. The Labute approximate surface area is 221 Å². The molecule has 0 aliphatic carbocycles. The molecule has 0 saturated carbocycles. The monoisotopic (exact) mass is 522 g/mol. The van der Waals surface area contributed by atoms with Gasteiger partial charge in [0.1, 0.15) is 0 Å². The number of allylic oxidation sites excluding steroid dienone is 2. The summed E-state index contributed by atoms with van der Waals surface area (Å²) < 4.78 is 1.83. The topological polar surface area (TPSA) is 122 Å². The number of aldehydes is 1. The van der Waals surface area contributed by atoms with Gasteiger partial charge in [0.2, 0.25) is 0 Å². The molecule has 3 aromatic heterocycles. The number of rotatable bonds is 8. The van der Waals surface area contributed by atoms with Gasteiger partial charge >= 0.3 is 107 Å². The number of nitrogens with zero attached hydrogens (tertiary/aromatic N) is 4. The Balaban J connectivity index is 0.000000247. The molecule has 0 bridgehead atoms. The summed E-state index contributed by atoms with van der Waals surface area (Å²) in [5.41, 5.74) is 9.04. The van der Waals surface area contributed by atoms with E-state index in [0.717, 1.165) is 25.1 Å². The molecule has 1 aliphatic heterocycles. The minimum atomic E-state index is 0. The van der Waals surface area contributed by atoms with Crippen LogP contribution in [0.2, 0.25) is 0 Å². The van der Waals surface area contributed by atoms with E-state index in [1.807, 2.05) is 53.3 Å². The normalized spacial score (nSPS) is 15.6.